The highest BCUT2D eigenvalue weighted by Crippen LogP contribution is 2.25. The molecule has 0 aliphatic heterocycles. The van der Waals surface area contributed by atoms with Crippen molar-refractivity contribution in [3.63, 3.8) is 0 Å². The number of ketones is 1. The first-order valence-electron chi connectivity index (χ1n) is 6.62. The van der Waals surface area contributed by atoms with Gasteiger partial charge in [0, 0.05) is 24.2 Å². The summed E-state index contributed by atoms with van der Waals surface area (Å²) in [5.41, 5.74) is 2.37. The van der Waals surface area contributed by atoms with Gasteiger partial charge in [0.15, 0.2) is 5.78 Å². The van der Waals surface area contributed by atoms with E-state index in [9.17, 15) is 14.4 Å². The second-order valence-corrected chi connectivity index (χ2v) is 5.40. The van der Waals surface area contributed by atoms with Crippen LogP contribution in [0, 0.1) is 17.1 Å². The molecule has 22 heavy (non-hydrogen) atoms. The number of halogens is 2. The Morgan fingerprint density at radius 3 is 2.64 bits per heavy atom. The van der Waals surface area contributed by atoms with Crippen molar-refractivity contribution in [2.75, 3.05) is 11.9 Å². The summed E-state index contributed by atoms with van der Waals surface area (Å²) in [6, 6.07) is 11.2. The summed E-state index contributed by atoms with van der Waals surface area (Å²) in [5.74, 6) is -0.466. The molecule has 0 heterocycles. The molecular weight excluding hydrogens is 303 g/mol. The van der Waals surface area contributed by atoms with E-state index in [-0.39, 0.29) is 5.78 Å². The van der Waals surface area contributed by atoms with Crippen LogP contribution >= 0.6 is 11.6 Å². The van der Waals surface area contributed by atoms with Gasteiger partial charge in [-0.2, -0.15) is 5.26 Å². The lowest BCUT2D eigenvalue weighted by atomic mass is 10.1. The summed E-state index contributed by atoms with van der Waals surface area (Å²) >= 11 is 6.03. The van der Waals surface area contributed by atoms with E-state index in [1.165, 1.54) is 19.1 Å². The van der Waals surface area contributed by atoms with Gasteiger partial charge in [0.05, 0.1) is 11.3 Å². The molecule has 2 aromatic carbocycles. The molecule has 3 nitrogen and oxygen atoms in total. The molecule has 0 unspecified atom stereocenters. The van der Waals surface area contributed by atoms with Crippen LogP contribution in [0.2, 0.25) is 5.02 Å². The minimum atomic E-state index is -0.396. The number of Topliss-reactive ketones (excluding diaryl/α,β-unsaturated/α-hetero) is 1. The normalized spacial score (nSPS) is 10.1. The highest BCUT2D eigenvalue weighted by Gasteiger charge is 2.12. The quantitative estimate of drug-likeness (QED) is 0.794. The standard InChI is InChI=1S/C17H14ClFN2O/c1-11(22)12-3-4-13(9-20)17(7-12)21(2)10-14-5-6-15(19)8-16(14)18/h3-8H,10H2,1-2H3. The fourth-order valence-corrected chi connectivity index (χ4v) is 2.38. The zero-order valence-electron chi connectivity index (χ0n) is 12.2. The van der Waals surface area contributed by atoms with Gasteiger partial charge in [-0.25, -0.2) is 4.39 Å². The molecular formula is C17H14ClFN2O. The number of hydrogen-bond donors (Lipinski definition) is 0. The SMILES string of the molecule is CC(=O)c1ccc(C#N)c(N(C)Cc2ccc(F)cc2Cl)c1. The van der Waals surface area contributed by atoms with E-state index in [4.69, 9.17) is 11.6 Å². The highest BCUT2D eigenvalue weighted by molar-refractivity contribution is 6.31. The second-order valence-electron chi connectivity index (χ2n) is 4.99. The van der Waals surface area contributed by atoms with Gasteiger partial charge in [0.2, 0.25) is 0 Å². The van der Waals surface area contributed by atoms with Gasteiger partial charge in [-0.1, -0.05) is 17.7 Å². The minimum Gasteiger partial charge on any atom is -0.369 e. The largest absolute Gasteiger partial charge is 0.369 e. The summed E-state index contributed by atoms with van der Waals surface area (Å²) in [5, 5.41) is 9.54. The van der Waals surface area contributed by atoms with Crippen molar-refractivity contribution in [1.29, 1.82) is 5.26 Å². The molecule has 2 rings (SSSR count). The third-order valence-electron chi connectivity index (χ3n) is 3.36. The van der Waals surface area contributed by atoms with Crippen molar-refractivity contribution in [3.8, 4) is 6.07 Å². The zero-order valence-corrected chi connectivity index (χ0v) is 13.0. The van der Waals surface area contributed by atoms with E-state index < -0.39 is 5.82 Å². The Hall–Kier alpha value is -2.38. The molecule has 5 heteroatoms. The van der Waals surface area contributed by atoms with Gasteiger partial charge >= 0.3 is 0 Å². The Kier molecular flexibility index (Phi) is 4.79. The smallest absolute Gasteiger partial charge is 0.159 e. The molecule has 0 amide bonds. The van der Waals surface area contributed by atoms with Crippen LogP contribution in [0.5, 0.6) is 0 Å². The number of nitrogens with zero attached hydrogens (tertiary/aromatic N) is 2. The van der Waals surface area contributed by atoms with Crippen molar-refractivity contribution in [2.45, 2.75) is 13.5 Å². The van der Waals surface area contributed by atoms with Crippen molar-refractivity contribution < 1.29 is 9.18 Å². The van der Waals surface area contributed by atoms with Crippen LogP contribution in [0.15, 0.2) is 36.4 Å². The van der Waals surface area contributed by atoms with Crippen molar-refractivity contribution in [1.82, 2.24) is 0 Å². The Bertz CT molecular complexity index is 768. The van der Waals surface area contributed by atoms with Gasteiger partial charge in [0.1, 0.15) is 11.9 Å². The fraction of sp³-hybridized carbons (Fsp3) is 0.176. The number of carbonyl (C=O) groups excluding carboxylic acids is 1. The minimum absolute atomic E-state index is 0.0704. The molecule has 0 spiro atoms. The summed E-state index contributed by atoms with van der Waals surface area (Å²) in [4.78, 5) is 13.3. The predicted molar refractivity (Wildman–Crippen MR) is 84.7 cm³/mol. The van der Waals surface area contributed by atoms with Crippen LogP contribution in [-0.4, -0.2) is 12.8 Å². The molecule has 112 valence electrons. The molecule has 0 saturated heterocycles. The lowest BCUT2D eigenvalue weighted by Gasteiger charge is -2.22. The van der Waals surface area contributed by atoms with E-state index in [0.29, 0.717) is 28.4 Å². The first-order valence-corrected chi connectivity index (χ1v) is 7.00. The van der Waals surface area contributed by atoms with Crippen LogP contribution in [0.1, 0.15) is 28.4 Å². The molecule has 0 bridgehead atoms. The molecule has 2 aromatic rings. The van der Waals surface area contributed by atoms with Crippen LogP contribution in [0.4, 0.5) is 10.1 Å². The number of rotatable bonds is 4. The van der Waals surface area contributed by atoms with Crippen LogP contribution in [-0.2, 0) is 6.54 Å². The maximum absolute atomic E-state index is 13.1. The van der Waals surface area contributed by atoms with E-state index in [1.807, 2.05) is 4.90 Å². The Balaban J connectivity index is 2.36. The van der Waals surface area contributed by atoms with E-state index >= 15 is 0 Å². The first kappa shape index (κ1) is 16.0. The van der Waals surface area contributed by atoms with E-state index in [2.05, 4.69) is 6.07 Å². The maximum Gasteiger partial charge on any atom is 0.159 e. The van der Waals surface area contributed by atoms with Crippen LogP contribution < -0.4 is 4.90 Å². The first-order chi connectivity index (χ1) is 10.4. The number of hydrogen-bond acceptors (Lipinski definition) is 3. The molecule has 0 radical (unpaired) electrons. The summed E-state index contributed by atoms with van der Waals surface area (Å²) in [6.07, 6.45) is 0. The fourth-order valence-electron chi connectivity index (χ4n) is 2.15. The van der Waals surface area contributed by atoms with Gasteiger partial charge in [-0.3, -0.25) is 4.79 Å². The number of carbonyl (C=O) groups is 1. The van der Waals surface area contributed by atoms with Gasteiger partial charge < -0.3 is 4.90 Å². The molecule has 0 aliphatic rings. The summed E-state index contributed by atoms with van der Waals surface area (Å²) in [6.45, 7) is 1.87. The molecule has 0 aliphatic carbocycles. The van der Waals surface area contributed by atoms with Gasteiger partial charge in [-0.15, -0.1) is 0 Å². The zero-order chi connectivity index (χ0) is 16.3. The van der Waals surface area contributed by atoms with Crippen molar-refractivity contribution in [3.05, 3.63) is 63.9 Å². The third kappa shape index (κ3) is 3.44. The topological polar surface area (TPSA) is 44.1 Å². The van der Waals surface area contributed by atoms with Gasteiger partial charge in [-0.05, 0) is 42.8 Å². The predicted octanol–water partition coefficient (Wildman–Crippen LogP) is 4.19. The monoisotopic (exact) mass is 316 g/mol. The van der Waals surface area contributed by atoms with Gasteiger partial charge in [0.25, 0.3) is 0 Å². The molecule has 0 fully saturated rings. The number of nitriles is 1. The average Bonchev–Trinajstić information content (AvgIpc) is 2.49. The lowest BCUT2D eigenvalue weighted by molar-refractivity contribution is 0.101. The number of benzene rings is 2. The van der Waals surface area contributed by atoms with E-state index in [0.717, 1.165) is 5.56 Å². The highest BCUT2D eigenvalue weighted by atomic mass is 35.5. The van der Waals surface area contributed by atoms with Crippen LogP contribution in [0.25, 0.3) is 0 Å². The van der Waals surface area contributed by atoms with Crippen molar-refractivity contribution >= 4 is 23.1 Å². The molecule has 0 atom stereocenters. The Morgan fingerprint density at radius 2 is 2.05 bits per heavy atom. The van der Waals surface area contributed by atoms with E-state index in [1.54, 1.807) is 31.3 Å². The van der Waals surface area contributed by atoms with Crippen LogP contribution in [0.3, 0.4) is 0 Å². The molecule has 0 aromatic heterocycles. The lowest BCUT2D eigenvalue weighted by Crippen LogP contribution is -2.18. The maximum atomic E-state index is 13.1. The number of anilines is 1. The Morgan fingerprint density at radius 1 is 1.32 bits per heavy atom. The summed E-state index contributed by atoms with van der Waals surface area (Å²) < 4.78 is 13.1. The molecule has 0 saturated carbocycles. The average molecular weight is 317 g/mol. The second kappa shape index (κ2) is 6.59. The third-order valence-corrected chi connectivity index (χ3v) is 3.71. The summed E-state index contributed by atoms with van der Waals surface area (Å²) in [7, 11) is 1.79. The van der Waals surface area contributed by atoms with Crippen molar-refractivity contribution in [2.24, 2.45) is 0 Å². The molecule has 0 N–H and O–H groups in total. The Labute approximate surface area is 133 Å².